The molecule has 0 saturated carbocycles. The Bertz CT molecular complexity index is 399. The number of piperazine rings is 1. The van der Waals surface area contributed by atoms with Crippen molar-refractivity contribution in [3.8, 4) is 0 Å². The van der Waals surface area contributed by atoms with Gasteiger partial charge < -0.3 is 15.5 Å². The lowest BCUT2D eigenvalue weighted by molar-refractivity contribution is 0.0663. The van der Waals surface area contributed by atoms with Crippen molar-refractivity contribution in [2.75, 3.05) is 33.2 Å². The van der Waals surface area contributed by atoms with Crippen molar-refractivity contribution < 1.29 is 4.79 Å². The fourth-order valence-electron chi connectivity index (χ4n) is 1.98. The molecule has 17 heavy (non-hydrogen) atoms. The standard InChI is InChI=1S/C12H18N4O/c1-15-4-6-16(7-5-15)12(17)11-2-3-14-9-10(11)8-13/h2-3,9H,4-8,13H2,1H3. The van der Waals surface area contributed by atoms with Gasteiger partial charge in [0.1, 0.15) is 0 Å². The van der Waals surface area contributed by atoms with Gasteiger partial charge in [-0.25, -0.2) is 0 Å². The quantitative estimate of drug-likeness (QED) is 0.778. The van der Waals surface area contributed by atoms with Crippen LogP contribution in [-0.4, -0.2) is 53.9 Å². The summed E-state index contributed by atoms with van der Waals surface area (Å²) < 4.78 is 0. The number of pyridine rings is 1. The summed E-state index contributed by atoms with van der Waals surface area (Å²) in [6.07, 6.45) is 3.31. The van der Waals surface area contributed by atoms with Crippen LogP contribution < -0.4 is 5.73 Å². The molecule has 5 nitrogen and oxygen atoms in total. The van der Waals surface area contributed by atoms with E-state index in [-0.39, 0.29) is 5.91 Å². The fourth-order valence-corrected chi connectivity index (χ4v) is 1.98. The van der Waals surface area contributed by atoms with Crippen molar-refractivity contribution in [3.05, 3.63) is 29.6 Å². The van der Waals surface area contributed by atoms with Crippen LogP contribution in [0.1, 0.15) is 15.9 Å². The maximum atomic E-state index is 12.3. The summed E-state index contributed by atoms with van der Waals surface area (Å²) in [5.41, 5.74) is 7.12. The molecule has 1 aromatic rings. The molecule has 2 rings (SSSR count). The number of hydrogen-bond acceptors (Lipinski definition) is 4. The van der Waals surface area contributed by atoms with E-state index in [0.717, 1.165) is 31.7 Å². The van der Waals surface area contributed by atoms with E-state index >= 15 is 0 Å². The highest BCUT2D eigenvalue weighted by molar-refractivity contribution is 5.95. The first-order chi connectivity index (χ1) is 8.22. The molecule has 0 atom stereocenters. The van der Waals surface area contributed by atoms with Crippen LogP contribution in [0.15, 0.2) is 18.5 Å². The van der Waals surface area contributed by atoms with E-state index in [2.05, 4.69) is 16.9 Å². The molecular weight excluding hydrogens is 216 g/mol. The normalized spacial score (nSPS) is 17.2. The highest BCUT2D eigenvalue weighted by atomic mass is 16.2. The Hall–Kier alpha value is -1.46. The van der Waals surface area contributed by atoms with Gasteiger partial charge in [-0.2, -0.15) is 0 Å². The van der Waals surface area contributed by atoms with Gasteiger partial charge in [-0.3, -0.25) is 9.78 Å². The lowest BCUT2D eigenvalue weighted by Crippen LogP contribution is -2.47. The van der Waals surface area contributed by atoms with E-state index < -0.39 is 0 Å². The van der Waals surface area contributed by atoms with Crippen LogP contribution in [0.25, 0.3) is 0 Å². The second kappa shape index (κ2) is 5.25. The average Bonchev–Trinajstić information content (AvgIpc) is 2.39. The molecule has 2 heterocycles. The zero-order valence-corrected chi connectivity index (χ0v) is 10.1. The third kappa shape index (κ3) is 2.62. The Morgan fingerprint density at radius 3 is 2.76 bits per heavy atom. The molecule has 1 fully saturated rings. The second-order valence-electron chi connectivity index (χ2n) is 4.33. The van der Waals surface area contributed by atoms with Crippen molar-refractivity contribution in [1.82, 2.24) is 14.8 Å². The van der Waals surface area contributed by atoms with Crippen LogP contribution in [0, 0.1) is 0 Å². The first-order valence-electron chi connectivity index (χ1n) is 5.83. The minimum atomic E-state index is 0.0703. The molecule has 1 aliphatic rings. The van der Waals surface area contributed by atoms with Crippen molar-refractivity contribution >= 4 is 5.91 Å². The molecule has 1 saturated heterocycles. The number of aromatic nitrogens is 1. The van der Waals surface area contributed by atoms with Crippen LogP contribution in [-0.2, 0) is 6.54 Å². The van der Waals surface area contributed by atoms with Gasteiger partial charge in [-0.05, 0) is 18.7 Å². The number of amides is 1. The fraction of sp³-hybridized carbons (Fsp3) is 0.500. The summed E-state index contributed by atoms with van der Waals surface area (Å²) >= 11 is 0. The molecule has 1 aromatic heterocycles. The molecule has 92 valence electrons. The van der Waals surface area contributed by atoms with Gasteiger partial charge in [-0.1, -0.05) is 0 Å². The van der Waals surface area contributed by atoms with E-state index in [9.17, 15) is 4.79 Å². The van der Waals surface area contributed by atoms with Gasteiger partial charge in [0.25, 0.3) is 5.91 Å². The van der Waals surface area contributed by atoms with E-state index in [1.807, 2.05) is 4.90 Å². The van der Waals surface area contributed by atoms with Crippen LogP contribution in [0.4, 0.5) is 0 Å². The number of carbonyl (C=O) groups is 1. The maximum absolute atomic E-state index is 12.3. The molecule has 0 radical (unpaired) electrons. The van der Waals surface area contributed by atoms with E-state index in [1.165, 1.54) is 0 Å². The van der Waals surface area contributed by atoms with E-state index in [4.69, 9.17) is 5.73 Å². The first kappa shape index (κ1) is 12.0. The summed E-state index contributed by atoms with van der Waals surface area (Å²) in [5, 5.41) is 0. The van der Waals surface area contributed by atoms with Gasteiger partial charge >= 0.3 is 0 Å². The summed E-state index contributed by atoms with van der Waals surface area (Å²) in [6, 6.07) is 1.75. The van der Waals surface area contributed by atoms with Crippen molar-refractivity contribution in [2.24, 2.45) is 5.73 Å². The monoisotopic (exact) mass is 234 g/mol. The Kier molecular flexibility index (Phi) is 3.71. The summed E-state index contributed by atoms with van der Waals surface area (Å²) in [7, 11) is 2.07. The third-order valence-electron chi connectivity index (χ3n) is 3.14. The van der Waals surface area contributed by atoms with Gasteiger partial charge in [0.15, 0.2) is 0 Å². The van der Waals surface area contributed by atoms with Crippen molar-refractivity contribution in [1.29, 1.82) is 0 Å². The summed E-state index contributed by atoms with van der Waals surface area (Å²) in [6.45, 7) is 3.76. The molecular formula is C12H18N4O. The van der Waals surface area contributed by atoms with Gasteiger partial charge in [0.05, 0.1) is 0 Å². The van der Waals surface area contributed by atoms with Gasteiger partial charge in [0.2, 0.25) is 0 Å². The number of nitrogens with zero attached hydrogens (tertiary/aromatic N) is 3. The Morgan fingerprint density at radius 1 is 1.41 bits per heavy atom. The van der Waals surface area contributed by atoms with Crippen LogP contribution in [0.2, 0.25) is 0 Å². The van der Waals surface area contributed by atoms with Gasteiger partial charge in [-0.15, -0.1) is 0 Å². The Morgan fingerprint density at radius 2 is 2.12 bits per heavy atom. The van der Waals surface area contributed by atoms with Crippen LogP contribution >= 0.6 is 0 Å². The molecule has 2 N–H and O–H groups in total. The predicted octanol–water partition coefficient (Wildman–Crippen LogP) is -0.0721. The number of rotatable bonds is 2. The number of hydrogen-bond donors (Lipinski definition) is 1. The first-order valence-corrected chi connectivity index (χ1v) is 5.83. The number of likely N-dealkylation sites (N-methyl/N-ethyl adjacent to an activating group) is 1. The minimum Gasteiger partial charge on any atom is -0.336 e. The smallest absolute Gasteiger partial charge is 0.254 e. The lowest BCUT2D eigenvalue weighted by Gasteiger charge is -2.32. The number of nitrogens with two attached hydrogens (primary N) is 1. The minimum absolute atomic E-state index is 0.0703. The van der Waals surface area contributed by atoms with Crippen molar-refractivity contribution in [2.45, 2.75) is 6.54 Å². The zero-order valence-electron chi connectivity index (χ0n) is 10.1. The topological polar surface area (TPSA) is 62.5 Å². The highest BCUT2D eigenvalue weighted by Gasteiger charge is 2.21. The molecule has 1 amide bonds. The van der Waals surface area contributed by atoms with Crippen LogP contribution in [0.5, 0.6) is 0 Å². The van der Waals surface area contributed by atoms with E-state index in [0.29, 0.717) is 12.1 Å². The van der Waals surface area contributed by atoms with Crippen LogP contribution in [0.3, 0.4) is 0 Å². The Labute approximate surface area is 101 Å². The Balaban J connectivity index is 2.14. The maximum Gasteiger partial charge on any atom is 0.254 e. The molecule has 1 aliphatic heterocycles. The predicted molar refractivity (Wildman–Crippen MR) is 65.5 cm³/mol. The summed E-state index contributed by atoms with van der Waals surface area (Å²) in [4.78, 5) is 20.4. The third-order valence-corrected chi connectivity index (χ3v) is 3.14. The molecule has 0 spiro atoms. The second-order valence-corrected chi connectivity index (χ2v) is 4.33. The highest BCUT2D eigenvalue weighted by Crippen LogP contribution is 2.11. The number of carbonyl (C=O) groups excluding carboxylic acids is 1. The van der Waals surface area contributed by atoms with Crippen molar-refractivity contribution in [3.63, 3.8) is 0 Å². The molecule has 0 bridgehead atoms. The zero-order chi connectivity index (χ0) is 12.3. The molecule has 0 aliphatic carbocycles. The lowest BCUT2D eigenvalue weighted by atomic mass is 10.1. The van der Waals surface area contributed by atoms with Gasteiger partial charge in [0, 0.05) is 50.7 Å². The SMILES string of the molecule is CN1CCN(C(=O)c2ccncc2CN)CC1. The summed E-state index contributed by atoms with van der Waals surface area (Å²) in [5.74, 6) is 0.0703. The molecule has 0 aromatic carbocycles. The largest absolute Gasteiger partial charge is 0.336 e. The molecule has 5 heteroatoms. The molecule has 0 unspecified atom stereocenters. The van der Waals surface area contributed by atoms with E-state index in [1.54, 1.807) is 18.5 Å². The average molecular weight is 234 g/mol.